The molecule has 0 saturated heterocycles. The van der Waals surface area contributed by atoms with E-state index < -0.39 is 39.5 Å². The zero-order valence-electron chi connectivity index (χ0n) is 8.53. The summed E-state index contributed by atoms with van der Waals surface area (Å²) >= 11 is -3.92. The Hall–Kier alpha value is -1.36. The topological polar surface area (TPSA) is 72.2 Å². The van der Waals surface area contributed by atoms with E-state index in [2.05, 4.69) is 5.10 Å². The molecule has 1 atom stereocenters. The molecule has 1 heterocycles. The summed E-state index contributed by atoms with van der Waals surface area (Å²) in [5.41, 5.74) is -5.09. The Kier molecular flexibility index (Phi) is 3.58. The first-order valence-corrected chi connectivity index (χ1v) is 5.22. The lowest BCUT2D eigenvalue weighted by Crippen LogP contribution is -2.25. The maximum atomic E-state index is 13.3. The Bertz CT molecular complexity index is 510. The van der Waals surface area contributed by atoms with E-state index in [1.807, 2.05) is 0 Å². The fraction of sp³-hybridized carbons (Fsp3) is 0.429. The molecule has 1 unspecified atom stereocenters. The van der Waals surface area contributed by atoms with Crippen molar-refractivity contribution in [3.8, 4) is 0 Å². The highest BCUT2D eigenvalue weighted by atomic mass is 32.2. The maximum Gasteiger partial charge on any atom is 0.435 e. The molecular weight excluding hydrogens is 287 g/mol. The lowest BCUT2D eigenvalue weighted by Gasteiger charge is -2.14. The van der Waals surface area contributed by atoms with Gasteiger partial charge in [-0.1, -0.05) is 0 Å². The van der Waals surface area contributed by atoms with Gasteiger partial charge in [0.2, 0.25) is 11.1 Å². The molecule has 5 nitrogen and oxygen atoms in total. The minimum absolute atomic E-state index is 0.270. The molecule has 0 amide bonds. The summed E-state index contributed by atoms with van der Waals surface area (Å²) in [7, 11) is 0.832. The van der Waals surface area contributed by atoms with E-state index in [-0.39, 0.29) is 11.0 Å². The predicted octanol–water partition coefficient (Wildman–Crippen LogP) is 1.52. The highest BCUT2D eigenvalue weighted by Gasteiger charge is 2.51. The third-order valence-corrected chi connectivity index (χ3v) is 2.62. The number of rotatable bonds is 3. The van der Waals surface area contributed by atoms with E-state index in [4.69, 9.17) is 4.55 Å². The van der Waals surface area contributed by atoms with E-state index in [1.54, 1.807) is 0 Å². The molecule has 11 heteroatoms. The molecule has 0 spiro atoms. The second-order valence-electron chi connectivity index (χ2n) is 3.11. The standard InChI is InChI=1S/C7H5F5N2O3S/c1-14-3(2-15)4(7(11,12)18(16)17)5(13-14)6(8,9)10/h2H,1H3,(H,16,17). The van der Waals surface area contributed by atoms with Crippen LogP contribution in [0.2, 0.25) is 0 Å². The van der Waals surface area contributed by atoms with Crippen LogP contribution in [0.25, 0.3) is 0 Å². The Morgan fingerprint density at radius 2 is 1.83 bits per heavy atom. The van der Waals surface area contributed by atoms with Crippen LogP contribution >= 0.6 is 0 Å². The van der Waals surface area contributed by atoms with Crippen LogP contribution in [0.3, 0.4) is 0 Å². The average molecular weight is 292 g/mol. The smallest absolute Gasteiger partial charge is 0.301 e. The van der Waals surface area contributed by atoms with Gasteiger partial charge in [-0.2, -0.15) is 27.1 Å². The Balaban J connectivity index is 3.69. The van der Waals surface area contributed by atoms with Gasteiger partial charge in [0.05, 0.1) is 5.56 Å². The maximum absolute atomic E-state index is 13.3. The number of hydrogen-bond donors (Lipinski definition) is 1. The molecule has 0 aliphatic carbocycles. The monoisotopic (exact) mass is 292 g/mol. The van der Waals surface area contributed by atoms with Gasteiger partial charge in [0.25, 0.3) is 0 Å². The number of nitrogens with zero attached hydrogens (tertiary/aromatic N) is 2. The average Bonchev–Trinajstić information content (AvgIpc) is 2.54. The lowest BCUT2D eigenvalue weighted by atomic mass is 10.2. The van der Waals surface area contributed by atoms with Crippen LogP contribution in [0.4, 0.5) is 22.0 Å². The molecule has 1 aromatic rings. The van der Waals surface area contributed by atoms with Gasteiger partial charge in [0, 0.05) is 7.05 Å². The van der Waals surface area contributed by atoms with Crippen LogP contribution in [0, 0.1) is 0 Å². The summed E-state index contributed by atoms with van der Waals surface area (Å²) in [5, 5.41) is -2.02. The van der Waals surface area contributed by atoms with Gasteiger partial charge < -0.3 is 4.55 Å². The minimum Gasteiger partial charge on any atom is -0.301 e. The van der Waals surface area contributed by atoms with Gasteiger partial charge >= 0.3 is 11.4 Å². The summed E-state index contributed by atoms with van der Waals surface area (Å²) in [4.78, 5) is 10.5. The number of hydrogen-bond acceptors (Lipinski definition) is 3. The van der Waals surface area contributed by atoms with Crippen molar-refractivity contribution < 1.29 is 35.5 Å². The predicted molar refractivity (Wildman–Crippen MR) is 48.3 cm³/mol. The third kappa shape index (κ3) is 2.27. The molecule has 1 aromatic heterocycles. The van der Waals surface area contributed by atoms with E-state index in [0.29, 0.717) is 0 Å². The molecule has 102 valence electrons. The first kappa shape index (κ1) is 14.7. The quantitative estimate of drug-likeness (QED) is 0.521. The van der Waals surface area contributed by atoms with Gasteiger partial charge in [-0.15, -0.1) is 0 Å². The molecule has 0 aliphatic heterocycles. The molecule has 0 fully saturated rings. The molecule has 1 rings (SSSR count). The Labute approximate surface area is 98.9 Å². The summed E-state index contributed by atoms with van der Waals surface area (Å²) in [5.74, 6) is 0. The van der Waals surface area contributed by atoms with Gasteiger partial charge in [0.1, 0.15) is 5.69 Å². The number of aromatic nitrogens is 2. The van der Waals surface area contributed by atoms with E-state index in [0.717, 1.165) is 7.05 Å². The van der Waals surface area contributed by atoms with Crippen molar-refractivity contribution in [2.24, 2.45) is 7.05 Å². The normalized spacial score (nSPS) is 14.6. The second kappa shape index (κ2) is 4.39. The highest BCUT2D eigenvalue weighted by Crippen LogP contribution is 2.41. The number of carbonyl (C=O) groups is 1. The van der Waals surface area contributed by atoms with Crippen LogP contribution in [0.15, 0.2) is 0 Å². The zero-order chi connectivity index (χ0) is 14.3. The summed E-state index contributed by atoms with van der Waals surface area (Å²) in [6, 6.07) is 0. The molecular formula is C7H5F5N2O3S. The number of carbonyl (C=O) groups excluding carboxylic acids is 1. The molecule has 1 N–H and O–H groups in total. The molecule has 0 aliphatic rings. The van der Waals surface area contributed by atoms with Crippen LogP contribution in [0.5, 0.6) is 0 Å². The van der Waals surface area contributed by atoms with Crippen LogP contribution < -0.4 is 0 Å². The summed E-state index contributed by atoms with van der Waals surface area (Å²) in [6.45, 7) is 0. The second-order valence-corrected chi connectivity index (χ2v) is 4.13. The fourth-order valence-electron chi connectivity index (χ4n) is 1.24. The Morgan fingerprint density at radius 1 is 1.33 bits per heavy atom. The van der Waals surface area contributed by atoms with Gasteiger partial charge in [-0.05, 0) is 0 Å². The van der Waals surface area contributed by atoms with Crippen molar-refractivity contribution in [1.82, 2.24) is 9.78 Å². The number of aryl methyl sites for hydroxylation is 1. The van der Waals surface area contributed by atoms with Crippen LogP contribution in [0.1, 0.15) is 21.7 Å². The SMILES string of the molecule is Cn1nc(C(F)(F)F)c(C(F)(F)S(=O)O)c1C=O. The summed E-state index contributed by atoms with van der Waals surface area (Å²) < 4.78 is 83.0. The molecule has 0 bridgehead atoms. The van der Waals surface area contributed by atoms with E-state index in [1.165, 1.54) is 0 Å². The van der Waals surface area contributed by atoms with Gasteiger partial charge in [0.15, 0.2) is 12.0 Å². The lowest BCUT2D eigenvalue weighted by molar-refractivity contribution is -0.143. The van der Waals surface area contributed by atoms with Crippen molar-refractivity contribution in [2.75, 3.05) is 0 Å². The largest absolute Gasteiger partial charge is 0.435 e. The molecule has 0 saturated carbocycles. The number of halogens is 5. The minimum atomic E-state index is -5.28. The van der Waals surface area contributed by atoms with Crippen molar-refractivity contribution in [3.05, 3.63) is 17.0 Å². The van der Waals surface area contributed by atoms with Crippen molar-refractivity contribution in [3.63, 3.8) is 0 Å². The van der Waals surface area contributed by atoms with E-state index >= 15 is 0 Å². The fourth-order valence-corrected chi connectivity index (χ4v) is 1.62. The third-order valence-electron chi connectivity index (χ3n) is 1.98. The van der Waals surface area contributed by atoms with Crippen molar-refractivity contribution in [2.45, 2.75) is 11.4 Å². The van der Waals surface area contributed by atoms with E-state index in [9.17, 15) is 31.0 Å². The molecule has 0 radical (unpaired) electrons. The van der Waals surface area contributed by atoms with Gasteiger partial charge in [-0.25, -0.2) is 4.21 Å². The summed E-state index contributed by atoms with van der Waals surface area (Å²) in [6.07, 6.45) is -5.57. The van der Waals surface area contributed by atoms with Crippen molar-refractivity contribution in [1.29, 1.82) is 0 Å². The first-order valence-electron chi connectivity index (χ1n) is 4.12. The zero-order valence-corrected chi connectivity index (χ0v) is 9.35. The first-order chi connectivity index (χ1) is 8.03. The van der Waals surface area contributed by atoms with Crippen LogP contribution in [-0.2, 0) is 29.6 Å². The molecule has 18 heavy (non-hydrogen) atoms. The highest BCUT2D eigenvalue weighted by molar-refractivity contribution is 7.79. The van der Waals surface area contributed by atoms with Crippen molar-refractivity contribution >= 4 is 17.4 Å². The molecule has 0 aromatic carbocycles. The van der Waals surface area contributed by atoms with Crippen LogP contribution in [-0.4, -0.2) is 24.8 Å². The Morgan fingerprint density at radius 3 is 2.17 bits per heavy atom. The number of aldehydes is 1. The van der Waals surface area contributed by atoms with Gasteiger partial charge in [-0.3, -0.25) is 9.48 Å². The number of alkyl halides is 5.